The maximum absolute atomic E-state index is 12.0. The van der Waals surface area contributed by atoms with E-state index in [1.807, 2.05) is 12.2 Å². The van der Waals surface area contributed by atoms with Crippen molar-refractivity contribution >= 4 is 17.5 Å². The number of carbonyl (C=O) groups excluding carboxylic acids is 2. The van der Waals surface area contributed by atoms with E-state index in [0.29, 0.717) is 59.0 Å². The van der Waals surface area contributed by atoms with Crippen molar-refractivity contribution < 1.29 is 24.6 Å². The molecule has 0 bridgehead atoms. The van der Waals surface area contributed by atoms with Crippen LogP contribution in [0.15, 0.2) is 23.3 Å². The van der Waals surface area contributed by atoms with Crippen molar-refractivity contribution in [2.75, 3.05) is 0 Å². The van der Waals surface area contributed by atoms with Gasteiger partial charge in [-0.05, 0) is 183 Å². The zero-order valence-electron chi connectivity index (χ0n) is 34.6. The number of carboxylic acids is 1. The molecule has 0 spiro atoms. The van der Waals surface area contributed by atoms with Crippen molar-refractivity contribution in [1.82, 2.24) is 0 Å². The van der Waals surface area contributed by atoms with Gasteiger partial charge in [0.15, 0.2) is 11.6 Å². The molecule has 296 valence electrons. The summed E-state index contributed by atoms with van der Waals surface area (Å²) >= 11 is 0. The molecule has 2 N–H and O–H groups in total. The van der Waals surface area contributed by atoms with Gasteiger partial charge in [-0.2, -0.15) is 0 Å². The van der Waals surface area contributed by atoms with Crippen LogP contribution in [0, 0.1) is 80.8 Å². The summed E-state index contributed by atoms with van der Waals surface area (Å²) in [5, 5.41) is 20.3. The van der Waals surface area contributed by atoms with E-state index in [9.17, 15) is 19.5 Å². The number of rotatable bonds is 7. The third-order valence-electron chi connectivity index (χ3n) is 19.0. The minimum absolute atomic E-state index is 0.159. The highest BCUT2D eigenvalue weighted by Gasteiger charge is 2.62. The Labute approximate surface area is 322 Å². The largest absolute Gasteiger partial charge is 0.481 e. The van der Waals surface area contributed by atoms with Crippen molar-refractivity contribution in [3.05, 3.63) is 23.3 Å². The Bertz CT molecular complexity index is 1490. The fourth-order valence-corrected chi connectivity index (χ4v) is 16.2. The average Bonchev–Trinajstić information content (AvgIpc) is 3.65. The third kappa shape index (κ3) is 6.59. The summed E-state index contributed by atoms with van der Waals surface area (Å²) in [7, 11) is 0. The second kappa shape index (κ2) is 14.6. The number of aliphatic hydroxyl groups is 1. The van der Waals surface area contributed by atoms with E-state index in [0.717, 1.165) is 68.1 Å². The smallest absolute Gasteiger partial charge is 0.303 e. The van der Waals surface area contributed by atoms with Gasteiger partial charge in [-0.25, -0.2) is 0 Å². The van der Waals surface area contributed by atoms with Crippen molar-refractivity contribution in [2.24, 2.45) is 80.8 Å². The maximum atomic E-state index is 12.0. The zero-order valence-corrected chi connectivity index (χ0v) is 34.6. The second-order valence-electron chi connectivity index (χ2n) is 21.2. The van der Waals surface area contributed by atoms with Crippen molar-refractivity contribution in [1.29, 1.82) is 0 Å². The molecular weight excluding hydrogens is 657 g/mol. The van der Waals surface area contributed by atoms with Crippen LogP contribution in [0.1, 0.15) is 170 Å². The van der Waals surface area contributed by atoms with Gasteiger partial charge in [-0.3, -0.25) is 14.4 Å². The Morgan fingerprint density at radius 3 is 1.87 bits per heavy atom. The number of carbonyl (C=O) groups is 3. The van der Waals surface area contributed by atoms with E-state index in [1.165, 1.54) is 81.8 Å². The number of aliphatic carboxylic acids is 1. The summed E-state index contributed by atoms with van der Waals surface area (Å²) in [6.45, 7) is 17.0. The van der Waals surface area contributed by atoms with Gasteiger partial charge in [0.05, 0.1) is 6.10 Å². The molecule has 53 heavy (non-hydrogen) atoms. The van der Waals surface area contributed by atoms with Crippen LogP contribution in [0.3, 0.4) is 0 Å². The zero-order chi connectivity index (χ0) is 38.1. The monoisotopic (exact) mass is 731 g/mol. The minimum Gasteiger partial charge on any atom is -0.481 e. The van der Waals surface area contributed by atoms with Crippen LogP contribution in [0.4, 0.5) is 0 Å². The maximum Gasteiger partial charge on any atom is 0.303 e. The highest BCUT2D eigenvalue weighted by Crippen LogP contribution is 2.69. The SMILES string of the molecule is CCC[C@@H](C)[C@H]1CCC2[C@@H]3C(O)CC4=CC(=O)CC[C@]4(C)C3CC[C@@]21C.C[C@H](CCC(=O)O)[C@H]1CCC2[C@@H]3CCC4=CC(=O)CC[C@]4(C)C3CC[C@@]21C. The first-order valence-corrected chi connectivity index (χ1v) is 22.4. The molecule has 5 unspecified atom stereocenters. The molecule has 0 heterocycles. The van der Waals surface area contributed by atoms with Gasteiger partial charge < -0.3 is 10.2 Å². The molecule has 0 aromatic carbocycles. The van der Waals surface area contributed by atoms with Crippen LogP contribution < -0.4 is 0 Å². The highest BCUT2D eigenvalue weighted by molar-refractivity contribution is 5.92. The summed E-state index contributed by atoms with van der Waals surface area (Å²) in [6, 6.07) is 0. The number of allylic oxidation sites excluding steroid dienone is 1. The van der Waals surface area contributed by atoms with Gasteiger partial charge >= 0.3 is 5.97 Å². The summed E-state index contributed by atoms with van der Waals surface area (Å²) in [5.74, 6) is 6.84. The van der Waals surface area contributed by atoms with E-state index >= 15 is 0 Å². The highest BCUT2D eigenvalue weighted by atomic mass is 16.4. The first kappa shape index (κ1) is 39.5. The van der Waals surface area contributed by atoms with Gasteiger partial charge in [-0.1, -0.05) is 72.5 Å². The molecule has 15 atom stereocenters. The predicted molar refractivity (Wildman–Crippen MR) is 212 cm³/mol. The number of aliphatic hydroxyl groups excluding tert-OH is 1. The summed E-state index contributed by atoms with van der Waals surface area (Å²) in [5.41, 5.74) is 3.94. The Kier molecular flexibility index (Phi) is 10.9. The Morgan fingerprint density at radius 1 is 0.698 bits per heavy atom. The van der Waals surface area contributed by atoms with Crippen LogP contribution in [-0.2, 0) is 14.4 Å². The number of fused-ring (bicyclic) bond motifs is 10. The Hall–Kier alpha value is -1.75. The lowest BCUT2D eigenvalue weighted by molar-refractivity contribution is -0.137. The molecule has 0 amide bonds. The number of ketones is 2. The molecule has 8 rings (SSSR count). The fourth-order valence-electron chi connectivity index (χ4n) is 16.2. The molecule has 6 saturated carbocycles. The fraction of sp³-hybridized carbons (Fsp3) is 0.854. The molecule has 8 aliphatic rings. The number of hydrogen-bond donors (Lipinski definition) is 2. The lowest BCUT2D eigenvalue weighted by Crippen LogP contribution is -2.55. The van der Waals surface area contributed by atoms with Crippen molar-refractivity contribution in [3.8, 4) is 0 Å². The third-order valence-corrected chi connectivity index (χ3v) is 19.0. The van der Waals surface area contributed by atoms with E-state index in [2.05, 4.69) is 48.5 Å². The van der Waals surface area contributed by atoms with Crippen LogP contribution in [-0.4, -0.2) is 33.9 Å². The molecule has 8 aliphatic carbocycles. The molecule has 0 radical (unpaired) electrons. The summed E-state index contributed by atoms with van der Waals surface area (Å²) in [4.78, 5) is 35.0. The molecule has 5 nitrogen and oxygen atoms in total. The molecule has 6 fully saturated rings. The summed E-state index contributed by atoms with van der Waals surface area (Å²) in [6.07, 6.45) is 24.5. The molecule has 0 saturated heterocycles. The topological polar surface area (TPSA) is 91.7 Å². The number of hydrogen-bond acceptors (Lipinski definition) is 4. The molecule has 5 heteroatoms. The predicted octanol–water partition coefficient (Wildman–Crippen LogP) is 11.2. The van der Waals surface area contributed by atoms with Crippen LogP contribution >= 0.6 is 0 Å². The molecule has 0 aliphatic heterocycles. The number of carboxylic acid groups (broad SMARTS) is 1. The van der Waals surface area contributed by atoms with E-state index < -0.39 is 5.97 Å². The van der Waals surface area contributed by atoms with E-state index in [-0.39, 0.29) is 22.7 Å². The lowest BCUT2D eigenvalue weighted by atomic mass is 9.45. The Balaban J connectivity index is 0.000000164. The standard InChI is InChI=1S/C24H36O3.C24H38O2/c1-15(4-9-22(26)27)19-7-8-20-18-6-5-16-14-17(25)10-12-23(16,2)21(18)11-13-24(19,20)3;1-5-6-15(2)18-7-8-19-22-20(10-12-24(18,19)4)23(3)11-9-17(25)13-16(23)14-21(22)26/h14-15,18-21H,4-13H2,1-3H3,(H,26,27);13,15,18-22,26H,5-12,14H2,1-4H3/t15-,18+,19-,20?,21?,23+,24-;15-,18-,19?,20?,21?,22+,23+,24-/m11/s1. The van der Waals surface area contributed by atoms with E-state index in [1.54, 1.807) is 0 Å². The van der Waals surface area contributed by atoms with Gasteiger partial charge in [0.1, 0.15) is 0 Å². The summed E-state index contributed by atoms with van der Waals surface area (Å²) < 4.78 is 0. The van der Waals surface area contributed by atoms with Crippen molar-refractivity contribution in [3.63, 3.8) is 0 Å². The lowest BCUT2D eigenvalue weighted by Gasteiger charge is -2.59. The van der Waals surface area contributed by atoms with E-state index in [4.69, 9.17) is 5.11 Å². The minimum atomic E-state index is -0.656. The normalized spacial score (nSPS) is 46.8. The molecule has 0 aromatic heterocycles. The average molecular weight is 731 g/mol. The van der Waals surface area contributed by atoms with Gasteiger partial charge in [0.2, 0.25) is 0 Å². The van der Waals surface area contributed by atoms with Crippen LogP contribution in [0.5, 0.6) is 0 Å². The molecule has 0 aromatic rings. The van der Waals surface area contributed by atoms with Gasteiger partial charge in [0.25, 0.3) is 0 Å². The quantitative estimate of drug-likeness (QED) is 0.272. The Morgan fingerprint density at radius 2 is 1.25 bits per heavy atom. The van der Waals surface area contributed by atoms with Gasteiger partial charge in [-0.15, -0.1) is 0 Å². The van der Waals surface area contributed by atoms with Crippen molar-refractivity contribution in [2.45, 2.75) is 177 Å². The first-order chi connectivity index (χ1) is 25.1. The van der Waals surface area contributed by atoms with Crippen LogP contribution in [0.25, 0.3) is 0 Å². The van der Waals surface area contributed by atoms with Gasteiger partial charge in [0, 0.05) is 19.3 Å². The second-order valence-corrected chi connectivity index (χ2v) is 21.2. The molecular formula is C48H74O5. The van der Waals surface area contributed by atoms with Crippen LogP contribution in [0.2, 0.25) is 0 Å². The first-order valence-electron chi connectivity index (χ1n) is 22.4.